The van der Waals surface area contributed by atoms with Crippen LogP contribution in [0.4, 0.5) is 0 Å². The number of ether oxygens (including phenoxy) is 1. The minimum atomic E-state index is -0.805. The summed E-state index contributed by atoms with van der Waals surface area (Å²) in [6.45, 7) is 5.27. The summed E-state index contributed by atoms with van der Waals surface area (Å²) < 4.78 is 5.05. The zero-order chi connectivity index (χ0) is 12.3. The van der Waals surface area contributed by atoms with Gasteiger partial charge in [-0.15, -0.1) is 0 Å². The van der Waals surface area contributed by atoms with Crippen LogP contribution in [0.1, 0.15) is 25.1 Å². The van der Waals surface area contributed by atoms with Crippen LogP contribution in [0.15, 0.2) is 12.1 Å². The molecule has 0 spiro atoms. The first-order valence-electron chi connectivity index (χ1n) is 5.10. The lowest BCUT2D eigenvalue weighted by Gasteiger charge is -2.19. The molecule has 0 bridgehead atoms. The normalized spacial score (nSPS) is 11.2. The second-order valence-corrected chi connectivity index (χ2v) is 4.52. The van der Waals surface area contributed by atoms with Crippen molar-refractivity contribution in [3.05, 3.63) is 23.4 Å². The first kappa shape index (κ1) is 12.5. The standard InChI is InChI=1S/C12H17NO3/c1-8-5-9(6-10(13-8)16-4)7-12(2,3)11(14)15/h5-6H,7H2,1-4H3,(H,14,15). The molecule has 0 saturated carbocycles. The molecule has 1 aromatic heterocycles. The highest BCUT2D eigenvalue weighted by molar-refractivity contribution is 5.74. The summed E-state index contributed by atoms with van der Waals surface area (Å²) >= 11 is 0. The molecule has 0 fully saturated rings. The molecule has 0 atom stereocenters. The maximum atomic E-state index is 11.0. The Morgan fingerprint density at radius 3 is 2.62 bits per heavy atom. The smallest absolute Gasteiger partial charge is 0.309 e. The van der Waals surface area contributed by atoms with Crippen LogP contribution in [0, 0.1) is 12.3 Å². The summed E-state index contributed by atoms with van der Waals surface area (Å²) in [6.07, 6.45) is 0.460. The molecule has 88 valence electrons. The van der Waals surface area contributed by atoms with Crippen LogP contribution in [-0.2, 0) is 11.2 Å². The van der Waals surface area contributed by atoms with Crippen LogP contribution >= 0.6 is 0 Å². The highest BCUT2D eigenvalue weighted by atomic mass is 16.5. The molecule has 0 unspecified atom stereocenters. The predicted molar refractivity (Wildman–Crippen MR) is 60.6 cm³/mol. The topological polar surface area (TPSA) is 59.4 Å². The van der Waals surface area contributed by atoms with E-state index in [0.29, 0.717) is 12.3 Å². The molecule has 0 amide bonds. The summed E-state index contributed by atoms with van der Waals surface area (Å²) in [5.41, 5.74) is 0.978. The number of rotatable bonds is 4. The van der Waals surface area contributed by atoms with Gasteiger partial charge in [-0.1, -0.05) is 0 Å². The molecule has 16 heavy (non-hydrogen) atoms. The largest absolute Gasteiger partial charge is 0.481 e. The van der Waals surface area contributed by atoms with Gasteiger partial charge in [0.25, 0.3) is 0 Å². The van der Waals surface area contributed by atoms with Gasteiger partial charge in [-0.3, -0.25) is 4.79 Å². The van der Waals surface area contributed by atoms with Crippen molar-refractivity contribution in [2.24, 2.45) is 5.41 Å². The summed E-state index contributed by atoms with van der Waals surface area (Å²) in [5, 5.41) is 9.05. The molecule has 0 aliphatic rings. The van der Waals surface area contributed by atoms with E-state index in [2.05, 4.69) is 4.98 Å². The predicted octanol–water partition coefficient (Wildman–Crippen LogP) is 2.05. The van der Waals surface area contributed by atoms with Crippen LogP contribution in [-0.4, -0.2) is 23.2 Å². The average molecular weight is 223 g/mol. The van der Waals surface area contributed by atoms with Gasteiger partial charge in [-0.25, -0.2) is 4.98 Å². The Bertz CT molecular complexity index is 399. The summed E-state index contributed by atoms with van der Waals surface area (Å²) in [6, 6.07) is 3.66. The number of aromatic nitrogens is 1. The van der Waals surface area contributed by atoms with E-state index in [1.165, 1.54) is 0 Å². The van der Waals surface area contributed by atoms with E-state index in [4.69, 9.17) is 9.84 Å². The first-order chi connectivity index (χ1) is 7.35. The number of hydrogen-bond acceptors (Lipinski definition) is 3. The Morgan fingerprint density at radius 1 is 1.50 bits per heavy atom. The fraction of sp³-hybridized carbons (Fsp3) is 0.500. The van der Waals surface area contributed by atoms with E-state index in [-0.39, 0.29) is 0 Å². The SMILES string of the molecule is COc1cc(CC(C)(C)C(=O)O)cc(C)n1. The third-order valence-corrected chi connectivity index (χ3v) is 2.42. The van der Waals surface area contributed by atoms with Gasteiger partial charge in [-0.2, -0.15) is 0 Å². The van der Waals surface area contributed by atoms with Crippen molar-refractivity contribution in [3.8, 4) is 5.88 Å². The number of pyridine rings is 1. The maximum Gasteiger partial charge on any atom is 0.309 e. The van der Waals surface area contributed by atoms with Crippen LogP contribution in [0.5, 0.6) is 5.88 Å². The van der Waals surface area contributed by atoms with Gasteiger partial charge in [0.15, 0.2) is 0 Å². The molecule has 0 aromatic carbocycles. The number of aliphatic carboxylic acids is 1. The Hall–Kier alpha value is -1.58. The number of methoxy groups -OCH3 is 1. The quantitative estimate of drug-likeness (QED) is 0.848. The Morgan fingerprint density at radius 2 is 2.12 bits per heavy atom. The third-order valence-electron chi connectivity index (χ3n) is 2.42. The molecule has 0 saturated heterocycles. The molecular formula is C12H17NO3. The highest BCUT2D eigenvalue weighted by Crippen LogP contribution is 2.24. The molecule has 1 N–H and O–H groups in total. The third kappa shape index (κ3) is 2.95. The van der Waals surface area contributed by atoms with Gasteiger partial charge >= 0.3 is 5.97 Å². The molecule has 0 aliphatic heterocycles. The Kier molecular flexibility index (Phi) is 3.52. The lowest BCUT2D eigenvalue weighted by molar-refractivity contribution is -0.146. The Balaban J connectivity index is 2.97. The summed E-state index contributed by atoms with van der Waals surface area (Å²) in [5.74, 6) is -0.280. The number of carbonyl (C=O) groups is 1. The van der Waals surface area contributed by atoms with Crippen molar-refractivity contribution in [2.45, 2.75) is 27.2 Å². The van der Waals surface area contributed by atoms with Crippen LogP contribution in [0.3, 0.4) is 0 Å². The lowest BCUT2D eigenvalue weighted by atomic mass is 9.86. The van der Waals surface area contributed by atoms with Crippen molar-refractivity contribution >= 4 is 5.97 Å². The van der Waals surface area contributed by atoms with E-state index < -0.39 is 11.4 Å². The molecule has 4 nitrogen and oxygen atoms in total. The van der Waals surface area contributed by atoms with Gasteiger partial charge < -0.3 is 9.84 Å². The first-order valence-corrected chi connectivity index (χ1v) is 5.10. The van der Waals surface area contributed by atoms with E-state index in [0.717, 1.165) is 11.3 Å². The van der Waals surface area contributed by atoms with E-state index in [1.54, 1.807) is 27.0 Å². The summed E-state index contributed by atoms with van der Waals surface area (Å²) in [7, 11) is 1.55. The highest BCUT2D eigenvalue weighted by Gasteiger charge is 2.27. The van der Waals surface area contributed by atoms with Crippen molar-refractivity contribution in [2.75, 3.05) is 7.11 Å². The van der Waals surface area contributed by atoms with Crippen LogP contribution in [0.2, 0.25) is 0 Å². The fourth-order valence-electron chi connectivity index (χ4n) is 1.50. The molecule has 1 aromatic rings. The van der Waals surface area contributed by atoms with Crippen molar-refractivity contribution in [1.29, 1.82) is 0 Å². The zero-order valence-electron chi connectivity index (χ0n) is 10.1. The van der Waals surface area contributed by atoms with Gasteiger partial charge in [-0.05, 0) is 38.8 Å². The number of carboxylic acids is 1. The van der Waals surface area contributed by atoms with Crippen molar-refractivity contribution in [3.63, 3.8) is 0 Å². The molecule has 0 aliphatic carbocycles. The van der Waals surface area contributed by atoms with Gasteiger partial charge in [0.05, 0.1) is 12.5 Å². The minimum Gasteiger partial charge on any atom is -0.481 e. The second-order valence-electron chi connectivity index (χ2n) is 4.52. The van der Waals surface area contributed by atoms with E-state index in [1.807, 2.05) is 13.0 Å². The van der Waals surface area contributed by atoms with Crippen molar-refractivity contribution < 1.29 is 14.6 Å². The van der Waals surface area contributed by atoms with E-state index >= 15 is 0 Å². The minimum absolute atomic E-state index is 0.460. The molecule has 4 heteroatoms. The number of hydrogen-bond donors (Lipinski definition) is 1. The van der Waals surface area contributed by atoms with Crippen LogP contribution in [0.25, 0.3) is 0 Å². The monoisotopic (exact) mass is 223 g/mol. The number of carboxylic acid groups (broad SMARTS) is 1. The second kappa shape index (κ2) is 4.51. The zero-order valence-corrected chi connectivity index (χ0v) is 10.1. The fourth-order valence-corrected chi connectivity index (χ4v) is 1.50. The average Bonchev–Trinajstić information content (AvgIpc) is 2.15. The van der Waals surface area contributed by atoms with Gasteiger partial charge in [0.1, 0.15) is 0 Å². The van der Waals surface area contributed by atoms with Gasteiger partial charge in [0.2, 0.25) is 5.88 Å². The Labute approximate surface area is 95.3 Å². The molecule has 1 rings (SSSR count). The number of nitrogens with zero attached hydrogens (tertiary/aromatic N) is 1. The van der Waals surface area contributed by atoms with Crippen LogP contribution < -0.4 is 4.74 Å². The van der Waals surface area contributed by atoms with Gasteiger partial charge in [0, 0.05) is 11.8 Å². The molecule has 1 heterocycles. The number of aryl methyl sites for hydroxylation is 1. The molecular weight excluding hydrogens is 206 g/mol. The summed E-state index contributed by atoms with van der Waals surface area (Å²) in [4.78, 5) is 15.2. The van der Waals surface area contributed by atoms with Crippen molar-refractivity contribution in [1.82, 2.24) is 4.98 Å². The van der Waals surface area contributed by atoms with E-state index in [9.17, 15) is 4.79 Å². The lowest BCUT2D eigenvalue weighted by Crippen LogP contribution is -2.26. The molecule has 0 radical (unpaired) electrons. The maximum absolute atomic E-state index is 11.0.